The smallest absolute Gasteiger partial charge is 0.406 e. The third-order valence-corrected chi connectivity index (χ3v) is 3.53. The molecule has 1 fully saturated rings. The summed E-state index contributed by atoms with van der Waals surface area (Å²) in [6.45, 7) is 3.98. The van der Waals surface area contributed by atoms with Crippen LogP contribution in [0, 0.1) is 0 Å². The summed E-state index contributed by atoms with van der Waals surface area (Å²) < 4.78 is 41.0. The Bertz CT molecular complexity index is 520. The van der Waals surface area contributed by atoms with Gasteiger partial charge in [-0.3, -0.25) is 4.79 Å². The van der Waals surface area contributed by atoms with Gasteiger partial charge < -0.3 is 15.0 Å². The highest BCUT2D eigenvalue weighted by Gasteiger charge is 2.32. The Morgan fingerprint density at radius 2 is 2.14 bits per heavy atom. The third kappa shape index (κ3) is 4.91. The maximum Gasteiger partial charge on any atom is 0.573 e. The number of rotatable bonds is 4. The van der Waals surface area contributed by atoms with Crippen molar-refractivity contribution in [3.05, 3.63) is 29.8 Å². The minimum atomic E-state index is -4.73. The predicted molar refractivity (Wildman–Crippen MR) is 75.5 cm³/mol. The molecule has 7 heteroatoms. The number of nitrogens with zero attached hydrogens (tertiary/aromatic N) is 1. The van der Waals surface area contributed by atoms with Crippen molar-refractivity contribution in [3.8, 4) is 5.75 Å². The first kappa shape index (κ1) is 16.6. The van der Waals surface area contributed by atoms with Crippen molar-refractivity contribution < 1.29 is 22.7 Å². The lowest BCUT2D eigenvalue weighted by Crippen LogP contribution is -2.51. The first-order valence-electron chi connectivity index (χ1n) is 7.20. The van der Waals surface area contributed by atoms with Crippen LogP contribution in [0.15, 0.2) is 24.3 Å². The van der Waals surface area contributed by atoms with Crippen LogP contribution in [0.1, 0.15) is 18.9 Å². The van der Waals surface area contributed by atoms with Crippen LogP contribution < -0.4 is 10.1 Å². The third-order valence-electron chi connectivity index (χ3n) is 3.53. The van der Waals surface area contributed by atoms with Gasteiger partial charge in [0.25, 0.3) is 0 Å². The van der Waals surface area contributed by atoms with Crippen LogP contribution in [0.3, 0.4) is 0 Å². The second-order valence-corrected chi connectivity index (χ2v) is 5.35. The summed E-state index contributed by atoms with van der Waals surface area (Å²) in [7, 11) is 0. The molecule has 1 unspecified atom stereocenters. The highest BCUT2D eigenvalue weighted by atomic mass is 19.4. The molecule has 2 rings (SSSR count). The van der Waals surface area contributed by atoms with Gasteiger partial charge in [-0.25, -0.2) is 0 Å². The summed E-state index contributed by atoms with van der Waals surface area (Å²) in [6, 6.07) is 6.16. The number of nitrogens with one attached hydrogen (secondary N) is 1. The average Bonchev–Trinajstić information content (AvgIpc) is 2.44. The Morgan fingerprint density at radius 1 is 1.41 bits per heavy atom. The van der Waals surface area contributed by atoms with E-state index in [9.17, 15) is 18.0 Å². The maximum atomic E-state index is 12.3. The molecule has 1 aromatic rings. The van der Waals surface area contributed by atoms with Gasteiger partial charge in [-0.15, -0.1) is 13.2 Å². The van der Waals surface area contributed by atoms with Crippen LogP contribution >= 0.6 is 0 Å². The molecule has 0 saturated carbocycles. The molecular weight excluding hydrogens is 297 g/mol. The van der Waals surface area contributed by atoms with Crippen LogP contribution in [-0.4, -0.2) is 42.8 Å². The fraction of sp³-hybridized carbons (Fsp3) is 0.533. The number of para-hydroxylation sites is 1. The summed E-state index contributed by atoms with van der Waals surface area (Å²) >= 11 is 0. The summed E-state index contributed by atoms with van der Waals surface area (Å²) in [5.74, 6) is -0.286. The number of amides is 1. The molecule has 1 heterocycles. The Hall–Kier alpha value is -1.76. The Labute approximate surface area is 127 Å². The quantitative estimate of drug-likeness (QED) is 0.927. The molecule has 1 aliphatic rings. The van der Waals surface area contributed by atoms with E-state index in [1.165, 1.54) is 12.1 Å². The van der Waals surface area contributed by atoms with E-state index in [-0.39, 0.29) is 30.5 Å². The molecule has 0 aromatic heterocycles. The lowest BCUT2D eigenvalue weighted by Gasteiger charge is -2.32. The van der Waals surface area contributed by atoms with Crippen molar-refractivity contribution >= 4 is 5.91 Å². The first-order chi connectivity index (χ1) is 10.3. The van der Waals surface area contributed by atoms with Crippen molar-refractivity contribution in [2.45, 2.75) is 32.2 Å². The number of ether oxygens (including phenoxy) is 1. The normalized spacial score (nSPS) is 19.1. The van der Waals surface area contributed by atoms with Crippen molar-refractivity contribution in [1.82, 2.24) is 10.2 Å². The van der Waals surface area contributed by atoms with Gasteiger partial charge in [0.15, 0.2) is 0 Å². The number of hydrogen-bond donors (Lipinski definition) is 1. The SMILES string of the molecule is CC1CN(C(=O)CCc2ccccc2OC(F)(F)F)CCN1. The van der Waals surface area contributed by atoms with E-state index in [1.54, 1.807) is 17.0 Å². The Kier molecular flexibility index (Phi) is 5.28. The van der Waals surface area contributed by atoms with Crippen LogP contribution in [0.25, 0.3) is 0 Å². The lowest BCUT2D eigenvalue weighted by atomic mass is 10.1. The second kappa shape index (κ2) is 7.00. The van der Waals surface area contributed by atoms with Gasteiger partial charge in [0.1, 0.15) is 5.75 Å². The minimum absolute atomic E-state index is 0.0461. The van der Waals surface area contributed by atoms with Crippen molar-refractivity contribution in [1.29, 1.82) is 0 Å². The molecule has 1 N–H and O–H groups in total. The highest BCUT2D eigenvalue weighted by Crippen LogP contribution is 2.27. The molecule has 0 bridgehead atoms. The average molecular weight is 316 g/mol. The second-order valence-electron chi connectivity index (χ2n) is 5.35. The minimum Gasteiger partial charge on any atom is -0.406 e. The van der Waals surface area contributed by atoms with Crippen molar-refractivity contribution in [3.63, 3.8) is 0 Å². The summed E-state index contributed by atoms with van der Waals surface area (Å²) in [5.41, 5.74) is 0.386. The maximum absolute atomic E-state index is 12.3. The van der Waals surface area contributed by atoms with E-state index in [0.29, 0.717) is 18.7 Å². The number of hydrogen-bond acceptors (Lipinski definition) is 3. The van der Waals surface area contributed by atoms with E-state index in [4.69, 9.17) is 0 Å². The van der Waals surface area contributed by atoms with E-state index in [2.05, 4.69) is 10.1 Å². The monoisotopic (exact) mass is 316 g/mol. The zero-order valence-electron chi connectivity index (χ0n) is 12.3. The number of aryl methyl sites for hydroxylation is 1. The largest absolute Gasteiger partial charge is 0.573 e. The van der Waals surface area contributed by atoms with Gasteiger partial charge in [0, 0.05) is 32.1 Å². The van der Waals surface area contributed by atoms with E-state index in [1.807, 2.05) is 6.92 Å². The summed E-state index contributed by atoms with van der Waals surface area (Å²) in [6.07, 6.45) is -4.33. The fourth-order valence-electron chi connectivity index (χ4n) is 2.49. The van der Waals surface area contributed by atoms with Crippen molar-refractivity contribution in [2.24, 2.45) is 0 Å². The summed E-state index contributed by atoms with van der Waals surface area (Å²) in [4.78, 5) is 13.9. The van der Waals surface area contributed by atoms with Crippen LogP contribution in [0.4, 0.5) is 13.2 Å². The lowest BCUT2D eigenvalue weighted by molar-refractivity contribution is -0.274. The van der Waals surface area contributed by atoms with Gasteiger partial charge in [0.2, 0.25) is 5.91 Å². The number of alkyl halides is 3. The fourth-order valence-corrected chi connectivity index (χ4v) is 2.49. The molecule has 4 nitrogen and oxygen atoms in total. The van der Waals surface area contributed by atoms with Crippen LogP contribution in [-0.2, 0) is 11.2 Å². The molecule has 1 saturated heterocycles. The molecule has 1 atom stereocenters. The molecule has 1 aromatic carbocycles. The first-order valence-corrected chi connectivity index (χ1v) is 7.20. The van der Waals surface area contributed by atoms with Crippen LogP contribution in [0.5, 0.6) is 5.75 Å². The van der Waals surface area contributed by atoms with Gasteiger partial charge >= 0.3 is 6.36 Å². The highest BCUT2D eigenvalue weighted by molar-refractivity contribution is 5.76. The molecule has 0 aliphatic carbocycles. The van der Waals surface area contributed by atoms with Crippen LogP contribution in [0.2, 0.25) is 0 Å². The van der Waals surface area contributed by atoms with Crippen molar-refractivity contribution in [2.75, 3.05) is 19.6 Å². The molecule has 0 radical (unpaired) electrons. The number of carbonyl (C=O) groups is 1. The van der Waals surface area contributed by atoms with E-state index >= 15 is 0 Å². The van der Waals surface area contributed by atoms with Gasteiger partial charge in [-0.2, -0.15) is 0 Å². The Balaban J connectivity index is 1.95. The molecule has 1 aliphatic heterocycles. The molecule has 122 valence electrons. The zero-order valence-corrected chi connectivity index (χ0v) is 12.3. The topological polar surface area (TPSA) is 41.6 Å². The van der Waals surface area contributed by atoms with Gasteiger partial charge in [0.05, 0.1) is 0 Å². The zero-order chi connectivity index (χ0) is 16.2. The number of carbonyl (C=O) groups excluding carboxylic acids is 1. The Morgan fingerprint density at radius 3 is 2.82 bits per heavy atom. The number of benzene rings is 1. The van der Waals surface area contributed by atoms with E-state index < -0.39 is 6.36 Å². The molecule has 1 amide bonds. The predicted octanol–water partition coefficient (Wildman–Crippen LogP) is 2.34. The molecule has 0 spiro atoms. The van der Waals surface area contributed by atoms with E-state index in [0.717, 1.165) is 6.54 Å². The van der Waals surface area contributed by atoms with Gasteiger partial charge in [-0.1, -0.05) is 18.2 Å². The number of piperazine rings is 1. The standard InChI is InChI=1S/C15H19F3N2O2/c1-11-10-20(9-8-19-11)14(21)7-6-12-4-2-3-5-13(12)22-15(16,17)18/h2-5,11,19H,6-10H2,1H3. The molecule has 22 heavy (non-hydrogen) atoms. The summed E-state index contributed by atoms with van der Waals surface area (Å²) in [5, 5.41) is 3.24. The van der Waals surface area contributed by atoms with Gasteiger partial charge in [-0.05, 0) is 25.0 Å². The number of halogens is 3. The molecular formula is C15H19F3N2O2.